The maximum Gasteiger partial charge on any atom is 0.233 e. The molecule has 0 spiro atoms. The summed E-state index contributed by atoms with van der Waals surface area (Å²) in [7, 11) is 0. The highest BCUT2D eigenvalue weighted by Gasteiger charge is 2.21. The predicted octanol–water partition coefficient (Wildman–Crippen LogP) is 1.11. The predicted molar refractivity (Wildman–Crippen MR) is 81.2 cm³/mol. The van der Waals surface area contributed by atoms with Gasteiger partial charge in [-0.25, -0.2) is 10.2 Å². The molecule has 1 aliphatic rings. The van der Waals surface area contributed by atoms with Gasteiger partial charge in [-0.15, -0.1) is 0 Å². The summed E-state index contributed by atoms with van der Waals surface area (Å²) in [6, 6.07) is 6.99. The molecule has 116 valence electrons. The number of nitrogens with two attached hydrogens (primary N) is 1. The molecule has 0 radical (unpaired) electrons. The van der Waals surface area contributed by atoms with Gasteiger partial charge in [0, 0.05) is 44.3 Å². The fourth-order valence-corrected chi connectivity index (χ4v) is 2.67. The second kappa shape index (κ2) is 7.38. The molecule has 1 amide bonds. The first kappa shape index (κ1) is 15.7. The van der Waals surface area contributed by atoms with Crippen molar-refractivity contribution in [3.05, 3.63) is 30.1 Å². The van der Waals surface area contributed by atoms with Gasteiger partial charge in [0.15, 0.2) is 0 Å². The van der Waals surface area contributed by atoms with Crippen LogP contribution in [0.25, 0.3) is 0 Å². The molecular formula is C15H23FN4O. The van der Waals surface area contributed by atoms with Gasteiger partial charge >= 0.3 is 0 Å². The van der Waals surface area contributed by atoms with Gasteiger partial charge in [-0.3, -0.25) is 15.1 Å². The third-order valence-electron chi connectivity index (χ3n) is 4.08. The fourth-order valence-electron chi connectivity index (χ4n) is 2.67. The lowest BCUT2D eigenvalue weighted by Crippen LogP contribution is -2.49. The lowest BCUT2D eigenvalue weighted by atomic mass is 10.1. The topological polar surface area (TPSA) is 61.6 Å². The minimum absolute atomic E-state index is 0.119. The molecule has 1 aliphatic heterocycles. The molecule has 0 aliphatic carbocycles. The first-order valence-corrected chi connectivity index (χ1v) is 7.34. The van der Waals surface area contributed by atoms with Crippen LogP contribution in [0, 0.1) is 5.82 Å². The van der Waals surface area contributed by atoms with Crippen LogP contribution in [0.5, 0.6) is 0 Å². The number of anilines is 1. The summed E-state index contributed by atoms with van der Waals surface area (Å²) >= 11 is 0. The van der Waals surface area contributed by atoms with Gasteiger partial charge in [0.2, 0.25) is 5.91 Å². The number of carbonyl (C=O) groups excluding carboxylic acids is 1. The lowest BCUT2D eigenvalue weighted by Gasteiger charge is -2.39. The van der Waals surface area contributed by atoms with Crippen molar-refractivity contribution in [3.63, 3.8) is 0 Å². The van der Waals surface area contributed by atoms with Gasteiger partial charge in [0.1, 0.15) is 5.82 Å². The number of amides is 1. The van der Waals surface area contributed by atoms with E-state index in [0.717, 1.165) is 38.3 Å². The Morgan fingerprint density at radius 1 is 1.29 bits per heavy atom. The largest absolute Gasteiger partial charge is 0.369 e. The Morgan fingerprint density at radius 2 is 1.90 bits per heavy atom. The molecule has 1 aromatic rings. The van der Waals surface area contributed by atoms with E-state index in [1.807, 2.05) is 12.1 Å². The summed E-state index contributed by atoms with van der Waals surface area (Å²) in [5.74, 6) is 4.76. The Kier molecular flexibility index (Phi) is 5.52. The standard InChI is InChI=1S/C15H23FN4O/c1-12(2-7-15(21)18-17)19-8-10-20(11-9-19)14-5-3-13(16)4-6-14/h3-6,12H,2,7-11,17H2,1H3,(H,18,21). The zero-order valence-electron chi connectivity index (χ0n) is 12.4. The molecule has 21 heavy (non-hydrogen) atoms. The highest BCUT2D eigenvalue weighted by Crippen LogP contribution is 2.18. The molecule has 6 heteroatoms. The quantitative estimate of drug-likeness (QED) is 0.485. The first-order valence-electron chi connectivity index (χ1n) is 7.34. The monoisotopic (exact) mass is 294 g/mol. The van der Waals surface area contributed by atoms with Crippen molar-refractivity contribution in [2.75, 3.05) is 31.1 Å². The average Bonchev–Trinajstić information content (AvgIpc) is 2.53. The van der Waals surface area contributed by atoms with Crippen LogP contribution in [0.2, 0.25) is 0 Å². The number of piperazine rings is 1. The normalized spacial score (nSPS) is 17.6. The summed E-state index contributed by atoms with van der Waals surface area (Å²) in [5.41, 5.74) is 3.22. The Hall–Kier alpha value is -1.66. The summed E-state index contributed by atoms with van der Waals surface area (Å²) in [6.45, 7) is 5.86. The van der Waals surface area contributed by atoms with Crippen LogP contribution in [-0.2, 0) is 4.79 Å². The first-order chi connectivity index (χ1) is 10.1. The molecule has 0 bridgehead atoms. The van der Waals surface area contributed by atoms with Crippen LogP contribution >= 0.6 is 0 Å². The minimum Gasteiger partial charge on any atom is -0.369 e. The Balaban J connectivity index is 1.79. The molecule has 5 nitrogen and oxygen atoms in total. The van der Waals surface area contributed by atoms with Crippen LogP contribution < -0.4 is 16.2 Å². The lowest BCUT2D eigenvalue weighted by molar-refractivity contribution is -0.121. The highest BCUT2D eigenvalue weighted by atomic mass is 19.1. The van der Waals surface area contributed by atoms with Gasteiger partial charge < -0.3 is 4.90 Å². The summed E-state index contributed by atoms with van der Waals surface area (Å²) in [6.07, 6.45) is 1.26. The SMILES string of the molecule is CC(CCC(=O)NN)N1CCN(c2ccc(F)cc2)CC1. The second-order valence-electron chi connectivity index (χ2n) is 5.45. The van der Waals surface area contributed by atoms with Crippen molar-refractivity contribution in [2.24, 2.45) is 5.84 Å². The van der Waals surface area contributed by atoms with Crippen molar-refractivity contribution < 1.29 is 9.18 Å². The maximum atomic E-state index is 12.9. The number of hydrogen-bond acceptors (Lipinski definition) is 4. The molecule has 0 saturated carbocycles. The molecule has 1 atom stereocenters. The number of rotatable bonds is 5. The number of nitrogens with one attached hydrogen (secondary N) is 1. The van der Waals surface area contributed by atoms with E-state index in [4.69, 9.17) is 5.84 Å². The molecule has 2 rings (SSSR count). The number of benzene rings is 1. The van der Waals surface area contributed by atoms with Crippen molar-refractivity contribution >= 4 is 11.6 Å². The smallest absolute Gasteiger partial charge is 0.233 e. The summed E-state index contributed by atoms with van der Waals surface area (Å²) in [4.78, 5) is 15.8. The number of carbonyl (C=O) groups is 1. The van der Waals surface area contributed by atoms with Crippen molar-refractivity contribution in [1.29, 1.82) is 0 Å². The Labute approximate surface area is 124 Å². The van der Waals surface area contributed by atoms with Crippen molar-refractivity contribution in [1.82, 2.24) is 10.3 Å². The molecule has 1 heterocycles. The number of hydrazine groups is 1. The third kappa shape index (κ3) is 4.41. The van der Waals surface area contributed by atoms with Gasteiger partial charge in [0.05, 0.1) is 0 Å². The number of halogens is 1. The Morgan fingerprint density at radius 3 is 2.48 bits per heavy atom. The third-order valence-corrected chi connectivity index (χ3v) is 4.08. The van der Waals surface area contributed by atoms with Crippen molar-refractivity contribution in [3.8, 4) is 0 Å². The second-order valence-corrected chi connectivity index (χ2v) is 5.45. The summed E-state index contributed by atoms with van der Waals surface area (Å²) in [5, 5.41) is 0. The summed E-state index contributed by atoms with van der Waals surface area (Å²) < 4.78 is 12.9. The highest BCUT2D eigenvalue weighted by molar-refractivity contribution is 5.75. The molecule has 3 N–H and O–H groups in total. The Bertz CT molecular complexity index is 457. The van der Waals surface area contributed by atoms with Gasteiger partial charge in [-0.1, -0.05) is 0 Å². The van der Waals surface area contributed by atoms with E-state index in [9.17, 15) is 9.18 Å². The van der Waals surface area contributed by atoms with E-state index in [2.05, 4.69) is 22.1 Å². The van der Waals surface area contributed by atoms with Crippen LogP contribution in [0.4, 0.5) is 10.1 Å². The minimum atomic E-state index is -0.204. The molecule has 0 aromatic heterocycles. The van der Waals surface area contributed by atoms with E-state index in [0.29, 0.717) is 12.5 Å². The molecule has 1 fully saturated rings. The van der Waals surface area contributed by atoms with E-state index >= 15 is 0 Å². The molecule has 1 unspecified atom stereocenters. The van der Waals surface area contributed by atoms with Gasteiger partial charge in [0.25, 0.3) is 0 Å². The molecule has 1 saturated heterocycles. The zero-order chi connectivity index (χ0) is 15.2. The van der Waals surface area contributed by atoms with Gasteiger partial charge in [-0.2, -0.15) is 0 Å². The van der Waals surface area contributed by atoms with Crippen LogP contribution in [-0.4, -0.2) is 43.0 Å². The maximum absolute atomic E-state index is 12.9. The molecular weight excluding hydrogens is 271 g/mol. The molecule has 1 aromatic carbocycles. The van der Waals surface area contributed by atoms with Crippen LogP contribution in [0.1, 0.15) is 19.8 Å². The van der Waals surface area contributed by atoms with Crippen LogP contribution in [0.15, 0.2) is 24.3 Å². The van der Waals surface area contributed by atoms with Crippen molar-refractivity contribution in [2.45, 2.75) is 25.8 Å². The zero-order valence-corrected chi connectivity index (χ0v) is 12.4. The van der Waals surface area contributed by atoms with E-state index in [-0.39, 0.29) is 11.7 Å². The van der Waals surface area contributed by atoms with Gasteiger partial charge in [-0.05, 0) is 37.6 Å². The van der Waals surface area contributed by atoms with Crippen LogP contribution in [0.3, 0.4) is 0 Å². The van der Waals surface area contributed by atoms with E-state index in [1.165, 1.54) is 12.1 Å². The average molecular weight is 294 g/mol. The number of nitrogens with zero attached hydrogens (tertiary/aromatic N) is 2. The fraction of sp³-hybridized carbons (Fsp3) is 0.533. The van der Waals surface area contributed by atoms with E-state index < -0.39 is 0 Å². The van der Waals surface area contributed by atoms with E-state index in [1.54, 1.807) is 0 Å². The number of hydrogen-bond donors (Lipinski definition) is 2.